The van der Waals surface area contributed by atoms with Gasteiger partial charge in [0.15, 0.2) is 11.5 Å². The van der Waals surface area contributed by atoms with Gasteiger partial charge in [0.1, 0.15) is 5.60 Å². The SMILES string of the molecule is COc1cccc2c1OC(C)(C)[C@H]1CC3(CCN(C(=O)CCCN4C(=O)CNC4=O)CC3)CO[C@H]21. The maximum absolute atomic E-state index is 12.8. The number of hydrogen-bond donors (Lipinski definition) is 1. The van der Waals surface area contributed by atoms with E-state index in [1.807, 2.05) is 17.0 Å². The summed E-state index contributed by atoms with van der Waals surface area (Å²) in [7, 11) is 1.66. The van der Waals surface area contributed by atoms with Gasteiger partial charge < -0.3 is 24.4 Å². The molecule has 4 amide bonds. The molecule has 4 aliphatic rings. The summed E-state index contributed by atoms with van der Waals surface area (Å²) < 4.78 is 18.6. The van der Waals surface area contributed by atoms with Crippen molar-refractivity contribution in [3.63, 3.8) is 0 Å². The van der Waals surface area contributed by atoms with Crippen LogP contribution in [0.1, 0.15) is 57.6 Å². The number of urea groups is 1. The Morgan fingerprint density at radius 2 is 2.00 bits per heavy atom. The molecule has 0 bridgehead atoms. The second-order valence-electron chi connectivity index (χ2n) is 10.8. The summed E-state index contributed by atoms with van der Waals surface area (Å²) in [6, 6.07) is 5.61. The van der Waals surface area contributed by atoms with Crippen LogP contribution in [0.4, 0.5) is 4.79 Å². The number of nitrogens with zero attached hydrogens (tertiary/aromatic N) is 2. The number of piperidine rings is 1. The molecule has 5 rings (SSSR count). The van der Waals surface area contributed by atoms with Gasteiger partial charge in [0, 0.05) is 37.5 Å². The molecule has 0 aromatic heterocycles. The minimum absolute atomic E-state index is 0.0281. The molecule has 1 aromatic carbocycles. The summed E-state index contributed by atoms with van der Waals surface area (Å²) in [5, 5.41) is 2.51. The molecule has 4 aliphatic heterocycles. The van der Waals surface area contributed by atoms with Crippen molar-refractivity contribution in [3.8, 4) is 11.5 Å². The second-order valence-corrected chi connectivity index (χ2v) is 10.8. The fourth-order valence-corrected chi connectivity index (χ4v) is 6.10. The highest BCUT2D eigenvalue weighted by atomic mass is 16.5. The van der Waals surface area contributed by atoms with Crippen molar-refractivity contribution in [1.29, 1.82) is 0 Å². The Balaban J connectivity index is 1.18. The predicted octanol–water partition coefficient (Wildman–Crippen LogP) is 2.88. The lowest BCUT2D eigenvalue weighted by atomic mass is 9.64. The van der Waals surface area contributed by atoms with Crippen molar-refractivity contribution < 1.29 is 28.6 Å². The quantitative estimate of drug-likeness (QED) is 0.644. The number of likely N-dealkylation sites (tertiary alicyclic amines) is 1. The third-order valence-corrected chi connectivity index (χ3v) is 8.27. The number of nitrogens with one attached hydrogen (secondary N) is 1. The van der Waals surface area contributed by atoms with Gasteiger partial charge in [-0.25, -0.2) is 4.79 Å². The van der Waals surface area contributed by atoms with E-state index in [4.69, 9.17) is 14.2 Å². The number of amides is 4. The van der Waals surface area contributed by atoms with Crippen molar-refractivity contribution in [1.82, 2.24) is 15.1 Å². The van der Waals surface area contributed by atoms with Gasteiger partial charge in [-0.2, -0.15) is 0 Å². The summed E-state index contributed by atoms with van der Waals surface area (Å²) in [6.45, 7) is 6.68. The maximum Gasteiger partial charge on any atom is 0.324 e. The summed E-state index contributed by atoms with van der Waals surface area (Å²) in [5.41, 5.74) is 0.697. The fourth-order valence-electron chi connectivity index (χ4n) is 6.10. The summed E-state index contributed by atoms with van der Waals surface area (Å²) >= 11 is 0. The molecule has 9 heteroatoms. The summed E-state index contributed by atoms with van der Waals surface area (Å²) in [6.07, 6.45) is 3.59. The van der Waals surface area contributed by atoms with Gasteiger partial charge in [0.25, 0.3) is 0 Å². The number of carbonyl (C=O) groups excluding carboxylic acids is 3. The van der Waals surface area contributed by atoms with E-state index in [2.05, 4.69) is 25.2 Å². The standard InChI is InChI=1S/C26H35N3O6/c1-25(2)18-14-26(16-34-22(18)17-6-4-7-19(33-3)23(17)35-25)9-12-28(13-10-26)20(30)8-5-11-29-21(31)15-27-24(29)32/h4,6-7,18,22H,5,8-16H2,1-3H3,(H,27,32)/t18-,22+/m0/s1. The molecule has 0 radical (unpaired) electrons. The molecule has 1 spiro atoms. The van der Waals surface area contributed by atoms with E-state index in [0.29, 0.717) is 32.5 Å². The Kier molecular flexibility index (Phi) is 6.15. The summed E-state index contributed by atoms with van der Waals surface area (Å²) in [5.74, 6) is 1.59. The van der Waals surface area contributed by atoms with Crippen LogP contribution in [0.25, 0.3) is 0 Å². The Hall–Kier alpha value is -2.81. The van der Waals surface area contributed by atoms with E-state index in [1.54, 1.807) is 7.11 Å². The lowest BCUT2D eigenvalue weighted by molar-refractivity contribution is -0.176. The highest BCUT2D eigenvalue weighted by Gasteiger charge is 2.53. The van der Waals surface area contributed by atoms with E-state index in [0.717, 1.165) is 36.3 Å². The third kappa shape index (κ3) is 4.35. The lowest BCUT2D eigenvalue weighted by Crippen LogP contribution is -2.54. The Morgan fingerprint density at radius 1 is 1.23 bits per heavy atom. The van der Waals surface area contributed by atoms with Crippen LogP contribution in [-0.4, -0.2) is 73.1 Å². The van der Waals surface area contributed by atoms with Crippen LogP contribution in [-0.2, 0) is 14.3 Å². The van der Waals surface area contributed by atoms with Crippen molar-refractivity contribution in [3.05, 3.63) is 23.8 Å². The number of rotatable bonds is 5. The zero-order valence-electron chi connectivity index (χ0n) is 20.8. The number of hydrogen-bond acceptors (Lipinski definition) is 6. The van der Waals surface area contributed by atoms with E-state index in [9.17, 15) is 14.4 Å². The molecule has 1 aromatic rings. The molecule has 0 saturated carbocycles. The van der Waals surface area contributed by atoms with Crippen LogP contribution < -0.4 is 14.8 Å². The molecule has 190 valence electrons. The van der Waals surface area contributed by atoms with Crippen LogP contribution in [0.2, 0.25) is 0 Å². The number of ether oxygens (including phenoxy) is 3. The first-order valence-corrected chi connectivity index (χ1v) is 12.6. The zero-order chi connectivity index (χ0) is 24.8. The van der Waals surface area contributed by atoms with Crippen LogP contribution in [0, 0.1) is 11.3 Å². The minimum Gasteiger partial charge on any atom is -0.493 e. The van der Waals surface area contributed by atoms with Crippen LogP contribution in [0.3, 0.4) is 0 Å². The van der Waals surface area contributed by atoms with Gasteiger partial charge in [-0.3, -0.25) is 14.5 Å². The van der Waals surface area contributed by atoms with Crippen LogP contribution in [0.15, 0.2) is 18.2 Å². The van der Waals surface area contributed by atoms with Crippen LogP contribution in [0.5, 0.6) is 11.5 Å². The molecule has 3 fully saturated rings. The molecule has 3 saturated heterocycles. The van der Waals surface area contributed by atoms with Gasteiger partial charge >= 0.3 is 6.03 Å². The molecule has 4 heterocycles. The van der Waals surface area contributed by atoms with Gasteiger partial charge in [0.05, 0.1) is 26.4 Å². The molecular weight excluding hydrogens is 450 g/mol. The fraction of sp³-hybridized carbons (Fsp3) is 0.654. The van der Waals surface area contributed by atoms with Crippen LogP contribution >= 0.6 is 0 Å². The second kappa shape index (κ2) is 9.00. The summed E-state index contributed by atoms with van der Waals surface area (Å²) in [4.78, 5) is 39.3. The lowest BCUT2D eigenvalue weighted by Gasteiger charge is -2.54. The molecule has 0 aliphatic carbocycles. The number of fused-ring (bicyclic) bond motifs is 3. The van der Waals surface area contributed by atoms with Crippen molar-refractivity contribution in [2.45, 2.75) is 57.7 Å². The van der Waals surface area contributed by atoms with Gasteiger partial charge in [-0.15, -0.1) is 0 Å². The average Bonchev–Trinajstić information content (AvgIpc) is 3.16. The van der Waals surface area contributed by atoms with Gasteiger partial charge in [0.2, 0.25) is 11.8 Å². The van der Waals surface area contributed by atoms with Gasteiger partial charge in [-0.05, 0) is 51.0 Å². The average molecular weight is 486 g/mol. The van der Waals surface area contributed by atoms with E-state index >= 15 is 0 Å². The third-order valence-electron chi connectivity index (χ3n) is 8.27. The molecular formula is C26H35N3O6. The van der Waals surface area contributed by atoms with Crippen molar-refractivity contribution >= 4 is 17.8 Å². The topological polar surface area (TPSA) is 97.4 Å². The number of carbonyl (C=O) groups is 3. The first-order valence-electron chi connectivity index (χ1n) is 12.6. The Bertz CT molecular complexity index is 1000. The molecule has 0 unspecified atom stereocenters. The largest absolute Gasteiger partial charge is 0.493 e. The predicted molar refractivity (Wildman–Crippen MR) is 127 cm³/mol. The monoisotopic (exact) mass is 485 g/mol. The molecule has 2 atom stereocenters. The molecule has 1 N–H and O–H groups in total. The maximum atomic E-state index is 12.8. The number of para-hydroxylation sites is 1. The van der Waals surface area contributed by atoms with E-state index in [1.165, 1.54) is 4.90 Å². The Morgan fingerprint density at radius 3 is 2.69 bits per heavy atom. The highest BCUT2D eigenvalue weighted by Crippen LogP contribution is 2.57. The first-order chi connectivity index (χ1) is 16.7. The van der Waals surface area contributed by atoms with Gasteiger partial charge in [-0.1, -0.05) is 12.1 Å². The smallest absolute Gasteiger partial charge is 0.324 e. The van der Waals surface area contributed by atoms with E-state index < -0.39 is 5.60 Å². The minimum atomic E-state index is -0.397. The number of benzene rings is 1. The van der Waals surface area contributed by atoms with Crippen molar-refractivity contribution in [2.24, 2.45) is 11.3 Å². The first kappa shape index (κ1) is 23.9. The number of imide groups is 1. The normalized spacial score (nSPS) is 26.6. The molecule has 9 nitrogen and oxygen atoms in total. The Labute approximate surface area is 206 Å². The number of methoxy groups -OCH3 is 1. The van der Waals surface area contributed by atoms with Crippen molar-refractivity contribution in [2.75, 3.05) is 39.9 Å². The van der Waals surface area contributed by atoms with E-state index in [-0.39, 0.29) is 48.4 Å². The zero-order valence-corrected chi connectivity index (χ0v) is 20.8. The molecule has 35 heavy (non-hydrogen) atoms. The highest BCUT2D eigenvalue weighted by molar-refractivity contribution is 6.01.